The van der Waals surface area contributed by atoms with E-state index in [0.717, 1.165) is 11.4 Å². The Morgan fingerprint density at radius 3 is 2.89 bits per heavy atom. The largest absolute Gasteiger partial charge is 0.373 e. The fourth-order valence-electron chi connectivity index (χ4n) is 1.95. The summed E-state index contributed by atoms with van der Waals surface area (Å²) in [7, 11) is 1.82. The Kier molecular flexibility index (Phi) is 2.75. The second-order valence-electron chi connectivity index (χ2n) is 4.19. The van der Waals surface area contributed by atoms with Gasteiger partial charge in [0.2, 0.25) is 0 Å². The van der Waals surface area contributed by atoms with Crippen LogP contribution >= 0.6 is 0 Å². The van der Waals surface area contributed by atoms with Crippen LogP contribution in [0.15, 0.2) is 47.8 Å². The fraction of sp³-hybridized carbons (Fsp3) is 0.154. The Balaban J connectivity index is 1.95. The highest BCUT2D eigenvalue weighted by Gasteiger charge is 2.04. The standard InChI is InChI=1S/C13H13N5O/c1-14-12-3-2-10(8-15-12)9-17-6-7-18-11(13(17)19)4-5-16-18/h2-8H,9H2,1H3,(H,14,15). The molecule has 0 fully saturated rings. The molecule has 0 amide bonds. The van der Waals surface area contributed by atoms with E-state index >= 15 is 0 Å². The Bertz CT molecular complexity index is 757. The van der Waals surface area contributed by atoms with Gasteiger partial charge < -0.3 is 9.88 Å². The highest BCUT2D eigenvalue weighted by Crippen LogP contribution is 2.05. The van der Waals surface area contributed by atoms with Crippen LogP contribution in [0.25, 0.3) is 5.52 Å². The van der Waals surface area contributed by atoms with E-state index < -0.39 is 0 Å². The second-order valence-corrected chi connectivity index (χ2v) is 4.19. The minimum atomic E-state index is -0.0577. The zero-order valence-electron chi connectivity index (χ0n) is 10.4. The summed E-state index contributed by atoms with van der Waals surface area (Å²) in [5.41, 5.74) is 1.49. The quantitative estimate of drug-likeness (QED) is 0.757. The zero-order chi connectivity index (χ0) is 13.2. The third-order valence-corrected chi connectivity index (χ3v) is 2.97. The molecule has 0 atom stereocenters. The molecule has 3 aromatic heterocycles. The van der Waals surface area contributed by atoms with Crippen LogP contribution in [0.4, 0.5) is 5.82 Å². The van der Waals surface area contributed by atoms with Crippen LogP contribution in [0.1, 0.15) is 5.56 Å². The molecule has 0 bridgehead atoms. The van der Waals surface area contributed by atoms with Gasteiger partial charge in [-0.25, -0.2) is 9.50 Å². The lowest BCUT2D eigenvalue weighted by atomic mass is 10.3. The number of hydrogen-bond donors (Lipinski definition) is 1. The van der Waals surface area contributed by atoms with Crippen LogP contribution in [-0.4, -0.2) is 26.2 Å². The average Bonchev–Trinajstić information content (AvgIpc) is 2.92. The first-order chi connectivity index (χ1) is 9.28. The summed E-state index contributed by atoms with van der Waals surface area (Å²) >= 11 is 0. The van der Waals surface area contributed by atoms with Gasteiger partial charge >= 0.3 is 0 Å². The molecule has 96 valence electrons. The Hall–Kier alpha value is -2.63. The van der Waals surface area contributed by atoms with Gasteiger partial charge in [0.25, 0.3) is 5.56 Å². The molecule has 0 spiro atoms. The lowest BCUT2D eigenvalue weighted by Crippen LogP contribution is -2.21. The van der Waals surface area contributed by atoms with E-state index in [-0.39, 0.29) is 5.56 Å². The topological polar surface area (TPSA) is 64.2 Å². The summed E-state index contributed by atoms with van der Waals surface area (Å²) in [6.45, 7) is 0.498. The lowest BCUT2D eigenvalue weighted by molar-refractivity contribution is 0.740. The molecule has 19 heavy (non-hydrogen) atoms. The predicted octanol–water partition coefficient (Wildman–Crippen LogP) is 0.981. The van der Waals surface area contributed by atoms with Crippen LogP contribution in [0.2, 0.25) is 0 Å². The third-order valence-electron chi connectivity index (χ3n) is 2.97. The Morgan fingerprint density at radius 2 is 2.16 bits per heavy atom. The first kappa shape index (κ1) is 11.5. The van der Waals surface area contributed by atoms with E-state index in [0.29, 0.717) is 12.1 Å². The van der Waals surface area contributed by atoms with Crippen molar-refractivity contribution in [1.29, 1.82) is 0 Å². The molecule has 1 N–H and O–H groups in total. The highest BCUT2D eigenvalue weighted by atomic mass is 16.1. The van der Waals surface area contributed by atoms with Gasteiger partial charge in [0.05, 0.1) is 12.7 Å². The van der Waals surface area contributed by atoms with Gasteiger partial charge in [-0.3, -0.25) is 4.79 Å². The number of hydrogen-bond acceptors (Lipinski definition) is 4. The van der Waals surface area contributed by atoms with Crippen molar-refractivity contribution in [3.63, 3.8) is 0 Å². The molecule has 6 heteroatoms. The van der Waals surface area contributed by atoms with Gasteiger partial charge in [0, 0.05) is 25.6 Å². The van der Waals surface area contributed by atoms with Crippen molar-refractivity contribution in [3.8, 4) is 0 Å². The summed E-state index contributed by atoms with van der Waals surface area (Å²) in [4.78, 5) is 16.4. The monoisotopic (exact) mass is 255 g/mol. The van der Waals surface area contributed by atoms with Crippen LogP contribution in [-0.2, 0) is 6.54 Å². The van der Waals surface area contributed by atoms with Crippen molar-refractivity contribution >= 4 is 11.3 Å². The number of nitrogens with one attached hydrogen (secondary N) is 1. The molecule has 0 aliphatic heterocycles. The summed E-state index contributed by atoms with van der Waals surface area (Å²) in [5, 5.41) is 6.99. The number of fused-ring (bicyclic) bond motifs is 1. The zero-order valence-corrected chi connectivity index (χ0v) is 10.4. The maximum absolute atomic E-state index is 12.2. The molecule has 0 saturated carbocycles. The smallest absolute Gasteiger partial charge is 0.276 e. The molecule has 3 aromatic rings. The van der Waals surface area contributed by atoms with Crippen LogP contribution < -0.4 is 10.9 Å². The normalized spacial score (nSPS) is 10.8. The van der Waals surface area contributed by atoms with Crippen LogP contribution in [0, 0.1) is 0 Å². The van der Waals surface area contributed by atoms with Gasteiger partial charge in [0.15, 0.2) is 0 Å². The van der Waals surface area contributed by atoms with Crippen LogP contribution in [0.5, 0.6) is 0 Å². The van der Waals surface area contributed by atoms with Crippen molar-refractivity contribution < 1.29 is 0 Å². The third kappa shape index (κ3) is 2.08. The Morgan fingerprint density at radius 1 is 1.26 bits per heavy atom. The molecule has 3 heterocycles. The number of pyridine rings is 1. The first-order valence-electron chi connectivity index (χ1n) is 5.93. The lowest BCUT2D eigenvalue weighted by Gasteiger charge is -2.06. The summed E-state index contributed by atoms with van der Waals surface area (Å²) in [5.74, 6) is 0.808. The van der Waals surface area contributed by atoms with E-state index in [2.05, 4.69) is 15.4 Å². The summed E-state index contributed by atoms with van der Waals surface area (Å²) in [6, 6.07) is 5.55. The second kappa shape index (κ2) is 4.56. The molecule has 3 rings (SSSR count). The van der Waals surface area contributed by atoms with Gasteiger partial charge in [-0.15, -0.1) is 0 Å². The maximum Gasteiger partial charge on any atom is 0.276 e. The van der Waals surface area contributed by atoms with E-state index in [1.807, 2.05) is 19.2 Å². The molecule has 0 unspecified atom stereocenters. The van der Waals surface area contributed by atoms with Crippen molar-refractivity contribution in [3.05, 3.63) is 58.9 Å². The Labute approximate surface area is 109 Å². The predicted molar refractivity (Wildman–Crippen MR) is 72.3 cm³/mol. The van der Waals surface area contributed by atoms with Gasteiger partial charge in [-0.05, 0) is 17.7 Å². The molecular formula is C13H13N5O. The van der Waals surface area contributed by atoms with Gasteiger partial charge in [0.1, 0.15) is 11.3 Å². The molecule has 6 nitrogen and oxygen atoms in total. The summed E-state index contributed by atoms with van der Waals surface area (Å²) < 4.78 is 3.22. The van der Waals surface area contributed by atoms with Crippen LogP contribution in [0.3, 0.4) is 0 Å². The number of aromatic nitrogens is 4. The van der Waals surface area contributed by atoms with Crippen molar-refractivity contribution in [2.45, 2.75) is 6.54 Å². The first-order valence-corrected chi connectivity index (χ1v) is 5.93. The van der Waals surface area contributed by atoms with E-state index in [1.54, 1.807) is 39.9 Å². The van der Waals surface area contributed by atoms with Gasteiger partial charge in [-0.2, -0.15) is 5.10 Å². The molecule has 0 aliphatic carbocycles. The number of anilines is 1. The van der Waals surface area contributed by atoms with E-state index in [4.69, 9.17) is 0 Å². The number of rotatable bonds is 3. The van der Waals surface area contributed by atoms with E-state index in [1.165, 1.54) is 0 Å². The molecule has 0 aromatic carbocycles. The van der Waals surface area contributed by atoms with Crippen molar-refractivity contribution in [2.75, 3.05) is 12.4 Å². The van der Waals surface area contributed by atoms with Crippen molar-refractivity contribution in [2.24, 2.45) is 0 Å². The highest BCUT2D eigenvalue weighted by molar-refractivity contribution is 5.42. The minimum Gasteiger partial charge on any atom is -0.373 e. The minimum absolute atomic E-state index is 0.0577. The average molecular weight is 255 g/mol. The fourth-order valence-corrected chi connectivity index (χ4v) is 1.95. The molecule has 0 aliphatic rings. The van der Waals surface area contributed by atoms with Gasteiger partial charge in [-0.1, -0.05) is 6.07 Å². The van der Waals surface area contributed by atoms with Crippen molar-refractivity contribution in [1.82, 2.24) is 19.2 Å². The maximum atomic E-state index is 12.2. The van der Waals surface area contributed by atoms with E-state index in [9.17, 15) is 4.79 Å². The molecule has 0 radical (unpaired) electrons. The number of nitrogens with zero attached hydrogens (tertiary/aromatic N) is 4. The molecular weight excluding hydrogens is 242 g/mol. The summed E-state index contributed by atoms with van der Waals surface area (Å²) in [6.07, 6.45) is 6.88. The molecule has 0 saturated heterocycles. The SMILES string of the molecule is CNc1ccc(Cn2ccn3nccc3c2=O)cn1.